The summed E-state index contributed by atoms with van der Waals surface area (Å²) in [4.78, 5) is 11.4. The van der Waals surface area contributed by atoms with Gasteiger partial charge in [-0.15, -0.1) is 11.6 Å². The van der Waals surface area contributed by atoms with Crippen molar-refractivity contribution in [2.45, 2.75) is 69.3 Å². The molecule has 0 aromatic heterocycles. The van der Waals surface area contributed by atoms with Crippen LogP contribution in [-0.4, -0.2) is 16.4 Å². The number of halogens is 1. The number of hydrogen-bond donors (Lipinski definition) is 0. The summed E-state index contributed by atoms with van der Waals surface area (Å²) in [5, 5.41) is 0. The minimum Gasteiger partial charge on any atom is -0.458 e. The van der Waals surface area contributed by atoms with Crippen molar-refractivity contribution in [3.8, 4) is 0 Å². The molecule has 4 aliphatic carbocycles. The lowest BCUT2D eigenvalue weighted by Gasteiger charge is -2.56. The van der Waals surface area contributed by atoms with E-state index in [2.05, 4.69) is 0 Å². The van der Waals surface area contributed by atoms with Crippen LogP contribution < -0.4 is 0 Å². The van der Waals surface area contributed by atoms with Crippen LogP contribution in [-0.2, 0) is 9.53 Å². The molecule has 1 unspecified atom stereocenters. The van der Waals surface area contributed by atoms with E-state index >= 15 is 0 Å². The minimum atomic E-state index is -0.844. The smallest absolute Gasteiger partial charge is 0.327 e. The summed E-state index contributed by atoms with van der Waals surface area (Å²) < 4.78 is 5.94. The van der Waals surface area contributed by atoms with Gasteiger partial charge in [0.25, 0.3) is 0 Å². The zero-order chi connectivity index (χ0) is 13.0. The first kappa shape index (κ1) is 12.8. The molecule has 4 aliphatic rings. The lowest BCUT2D eigenvalue weighted by atomic mass is 9.54. The van der Waals surface area contributed by atoms with Crippen molar-refractivity contribution < 1.29 is 9.53 Å². The fourth-order valence-electron chi connectivity index (χ4n) is 4.60. The van der Waals surface area contributed by atoms with Crippen molar-refractivity contribution in [2.75, 3.05) is 0 Å². The van der Waals surface area contributed by atoms with Gasteiger partial charge in [-0.3, -0.25) is 4.79 Å². The summed E-state index contributed by atoms with van der Waals surface area (Å²) in [6.45, 7) is 3.71. The van der Waals surface area contributed by atoms with Crippen molar-refractivity contribution in [2.24, 2.45) is 17.8 Å². The number of rotatable bonds is 3. The third-order valence-corrected chi connectivity index (χ3v) is 5.80. The molecule has 4 rings (SSSR count). The Morgan fingerprint density at radius 1 is 1.22 bits per heavy atom. The Balaban J connectivity index is 1.74. The summed E-state index contributed by atoms with van der Waals surface area (Å²) in [5.74, 6) is 2.19. The molecule has 2 nitrogen and oxygen atoms in total. The minimum absolute atomic E-state index is 0.156. The van der Waals surface area contributed by atoms with E-state index in [4.69, 9.17) is 16.3 Å². The molecule has 0 radical (unpaired) electrons. The third kappa shape index (κ3) is 2.07. The average molecular weight is 271 g/mol. The standard InChI is InChI=1S/C15H23ClO2/c1-3-14(2,16)13(17)18-15-7-10-4-11(8-15)6-12(5-10)9-15/h10-12H,3-9H2,1-2H3. The van der Waals surface area contributed by atoms with Crippen molar-refractivity contribution in [3.63, 3.8) is 0 Å². The highest BCUT2D eigenvalue weighted by molar-refractivity contribution is 6.33. The largest absolute Gasteiger partial charge is 0.458 e. The fourth-order valence-corrected chi connectivity index (χ4v) is 4.64. The van der Waals surface area contributed by atoms with Crippen LogP contribution in [0.4, 0.5) is 0 Å². The number of carbonyl (C=O) groups is 1. The van der Waals surface area contributed by atoms with Crippen LogP contribution >= 0.6 is 11.6 Å². The van der Waals surface area contributed by atoms with Crippen molar-refractivity contribution >= 4 is 17.6 Å². The molecule has 4 fully saturated rings. The molecule has 0 aromatic rings. The Hall–Kier alpha value is -0.240. The maximum Gasteiger partial charge on any atom is 0.327 e. The second kappa shape index (κ2) is 4.13. The van der Waals surface area contributed by atoms with E-state index in [1.54, 1.807) is 6.92 Å². The van der Waals surface area contributed by atoms with Gasteiger partial charge in [-0.2, -0.15) is 0 Å². The Labute approximate surface area is 114 Å². The maximum atomic E-state index is 12.2. The average Bonchev–Trinajstić information content (AvgIpc) is 2.26. The van der Waals surface area contributed by atoms with Gasteiger partial charge in [0.05, 0.1) is 0 Å². The van der Waals surface area contributed by atoms with E-state index in [9.17, 15) is 4.79 Å². The molecule has 3 heteroatoms. The molecule has 18 heavy (non-hydrogen) atoms. The zero-order valence-electron chi connectivity index (χ0n) is 11.4. The van der Waals surface area contributed by atoms with Crippen molar-refractivity contribution in [1.82, 2.24) is 0 Å². The van der Waals surface area contributed by atoms with Crippen LogP contribution in [0, 0.1) is 17.8 Å². The molecular formula is C15H23ClO2. The van der Waals surface area contributed by atoms with Gasteiger partial charge in [0.2, 0.25) is 0 Å². The molecule has 4 bridgehead atoms. The van der Waals surface area contributed by atoms with E-state index in [-0.39, 0.29) is 11.6 Å². The topological polar surface area (TPSA) is 26.3 Å². The highest BCUT2D eigenvalue weighted by atomic mass is 35.5. The van der Waals surface area contributed by atoms with Gasteiger partial charge >= 0.3 is 5.97 Å². The molecular weight excluding hydrogens is 248 g/mol. The van der Waals surface area contributed by atoms with Crippen LogP contribution in [0.15, 0.2) is 0 Å². The van der Waals surface area contributed by atoms with Gasteiger partial charge in [-0.05, 0) is 69.6 Å². The van der Waals surface area contributed by atoms with Gasteiger partial charge in [0.1, 0.15) is 10.5 Å². The van der Waals surface area contributed by atoms with Gasteiger partial charge < -0.3 is 4.74 Å². The summed E-state index contributed by atoms with van der Waals surface area (Å²) in [7, 11) is 0. The van der Waals surface area contributed by atoms with E-state index in [0.29, 0.717) is 6.42 Å². The first-order valence-corrected chi connectivity index (χ1v) is 7.72. The second-order valence-corrected chi connectivity index (χ2v) is 7.88. The van der Waals surface area contributed by atoms with Crippen molar-refractivity contribution in [1.29, 1.82) is 0 Å². The molecule has 0 heterocycles. The molecule has 0 aromatic carbocycles. The van der Waals surface area contributed by atoms with Crippen LogP contribution in [0.1, 0.15) is 58.8 Å². The normalized spacial score (nSPS) is 44.7. The molecule has 0 spiro atoms. The quantitative estimate of drug-likeness (QED) is 0.574. The van der Waals surface area contributed by atoms with Crippen molar-refractivity contribution in [3.05, 3.63) is 0 Å². The lowest BCUT2D eigenvalue weighted by Crippen LogP contribution is -2.54. The Kier molecular flexibility index (Phi) is 2.93. The van der Waals surface area contributed by atoms with E-state index in [1.165, 1.54) is 19.3 Å². The van der Waals surface area contributed by atoms with E-state index in [0.717, 1.165) is 37.0 Å². The second-order valence-electron chi connectivity index (χ2n) is 7.04. The molecule has 0 N–H and O–H groups in total. The van der Waals surface area contributed by atoms with Crippen LogP contribution in [0.2, 0.25) is 0 Å². The maximum absolute atomic E-state index is 12.2. The number of carbonyl (C=O) groups excluding carboxylic acids is 1. The Morgan fingerprint density at radius 3 is 2.06 bits per heavy atom. The molecule has 0 aliphatic heterocycles. The SMILES string of the molecule is CCC(C)(Cl)C(=O)OC12CC3CC(CC(C3)C1)C2. The van der Waals surface area contributed by atoms with Crippen LogP contribution in [0.25, 0.3) is 0 Å². The number of esters is 1. The van der Waals surface area contributed by atoms with Crippen LogP contribution in [0.5, 0.6) is 0 Å². The summed E-state index contributed by atoms with van der Waals surface area (Å²) >= 11 is 6.24. The highest BCUT2D eigenvalue weighted by Gasteiger charge is 2.54. The number of ether oxygens (including phenoxy) is 1. The Bertz CT molecular complexity index is 326. The Morgan fingerprint density at radius 2 is 1.67 bits per heavy atom. The molecule has 0 saturated heterocycles. The first-order valence-electron chi connectivity index (χ1n) is 7.35. The molecule has 0 amide bonds. The van der Waals surface area contributed by atoms with Gasteiger partial charge in [-0.25, -0.2) is 0 Å². The van der Waals surface area contributed by atoms with Gasteiger partial charge in [0.15, 0.2) is 0 Å². The van der Waals surface area contributed by atoms with Crippen LogP contribution in [0.3, 0.4) is 0 Å². The van der Waals surface area contributed by atoms with E-state index in [1.807, 2.05) is 6.92 Å². The predicted octanol–water partition coefficient (Wildman–Crippen LogP) is 3.91. The summed E-state index contributed by atoms with van der Waals surface area (Å²) in [6.07, 6.45) is 7.97. The fraction of sp³-hybridized carbons (Fsp3) is 0.933. The lowest BCUT2D eigenvalue weighted by molar-refractivity contribution is -0.189. The molecule has 1 atom stereocenters. The highest BCUT2D eigenvalue weighted by Crippen LogP contribution is 2.57. The van der Waals surface area contributed by atoms with Gasteiger partial charge in [-0.1, -0.05) is 6.92 Å². The molecule has 102 valence electrons. The monoisotopic (exact) mass is 270 g/mol. The number of alkyl halides is 1. The number of hydrogen-bond acceptors (Lipinski definition) is 2. The van der Waals surface area contributed by atoms with Gasteiger partial charge in [0, 0.05) is 0 Å². The summed E-state index contributed by atoms with van der Waals surface area (Å²) in [5.41, 5.74) is -0.156. The summed E-state index contributed by atoms with van der Waals surface area (Å²) in [6, 6.07) is 0. The molecule has 4 saturated carbocycles. The predicted molar refractivity (Wildman–Crippen MR) is 71.5 cm³/mol. The van der Waals surface area contributed by atoms with E-state index < -0.39 is 4.87 Å². The zero-order valence-corrected chi connectivity index (χ0v) is 12.1. The third-order valence-electron chi connectivity index (χ3n) is 5.38. The first-order chi connectivity index (χ1) is 8.42.